The molecule has 3 N–H and O–H groups in total. The lowest BCUT2D eigenvalue weighted by Crippen LogP contribution is -2.32. The van der Waals surface area contributed by atoms with Crippen molar-refractivity contribution in [2.75, 3.05) is 5.73 Å². The number of hydrogen-bond donors (Lipinski definition) is 2. The van der Waals surface area contributed by atoms with Crippen LogP contribution in [0.5, 0.6) is 0 Å². The first-order chi connectivity index (χ1) is 19.5. The molecular weight excluding hydrogens is 502 g/mol. The van der Waals surface area contributed by atoms with E-state index >= 15 is 0 Å². The minimum atomic E-state index is -0.558. The highest BCUT2D eigenvalue weighted by molar-refractivity contribution is 6.04. The van der Waals surface area contributed by atoms with Crippen LogP contribution in [0.15, 0.2) is 102 Å². The van der Waals surface area contributed by atoms with Gasteiger partial charge in [-0.3, -0.25) is 19.1 Å². The van der Waals surface area contributed by atoms with E-state index in [1.54, 1.807) is 35.4 Å². The summed E-state index contributed by atoms with van der Waals surface area (Å²) < 4.78 is 3.11. The summed E-state index contributed by atoms with van der Waals surface area (Å²) in [5.74, 6) is -0.355. The molecule has 0 bridgehead atoms. The number of amides is 1. The minimum absolute atomic E-state index is 0.0763. The van der Waals surface area contributed by atoms with E-state index in [4.69, 9.17) is 5.73 Å². The molecule has 0 spiro atoms. The highest BCUT2D eigenvalue weighted by Gasteiger charge is 2.23. The zero-order valence-corrected chi connectivity index (χ0v) is 21.6. The second-order valence-corrected chi connectivity index (χ2v) is 9.32. The van der Waals surface area contributed by atoms with Crippen LogP contribution in [0.1, 0.15) is 40.1 Å². The summed E-state index contributed by atoms with van der Waals surface area (Å²) in [4.78, 5) is 36.0. The Kier molecular flexibility index (Phi) is 6.37. The Morgan fingerprint density at radius 1 is 1.00 bits per heavy atom. The predicted octanol–water partition coefficient (Wildman–Crippen LogP) is 4.67. The molecule has 9 heteroatoms. The third-order valence-electron chi connectivity index (χ3n) is 6.70. The molecule has 4 heterocycles. The maximum absolute atomic E-state index is 14.2. The molecule has 0 aliphatic rings. The number of nitrogens with zero attached hydrogens (tertiary/aromatic N) is 5. The Morgan fingerprint density at radius 2 is 1.85 bits per heavy atom. The number of para-hydroxylation sites is 1. The van der Waals surface area contributed by atoms with Gasteiger partial charge in [0.1, 0.15) is 5.56 Å². The van der Waals surface area contributed by atoms with Crippen LogP contribution in [0.3, 0.4) is 0 Å². The summed E-state index contributed by atoms with van der Waals surface area (Å²) in [7, 11) is 0. The van der Waals surface area contributed by atoms with E-state index in [-0.39, 0.29) is 16.9 Å². The Morgan fingerprint density at radius 3 is 2.65 bits per heavy atom. The molecule has 40 heavy (non-hydrogen) atoms. The molecule has 0 saturated heterocycles. The first kappa shape index (κ1) is 24.7. The molecule has 196 valence electrons. The second kappa shape index (κ2) is 10.3. The van der Waals surface area contributed by atoms with Crippen molar-refractivity contribution < 1.29 is 4.79 Å². The molecule has 0 saturated carbocycles. The molecule has 0 fully saturated rings. The number of aromatic nitrogens is 5. The number of nitrogens with one attached hydrogen (secondary N) is 1. The molecule has 0 unspecified atom stereocenters. The maximum atomic E-state index is 14.2. The quantitative estimate of drug-likeness (QED) is 0.325. The molecule has 9 nitrogen and oxygen atoms in total. The van der Waals surface area contributed by atoms with Crippen LogP contribution in [-0.2, 0) is 0 Å². The Hall–Kier alpha value is -5.57. The summed E-state index contributed by atoms with van der Waals surface area (Å²) in [6, 6.07) is 22.0. The smallest absolute Gasteiger partial charge is 0.263 e. The monoisotopic (exact) mass is 527 g/mol. The Bertz CT molecular complexity index is 1940. The van der Waals surface area contributed by atoms with Gasteiger partial charge in [-0.1, -0.05) is 54.6 Å². The van der Waals surface area contributed by atoms with Gasteiger partial charge in [-0.2, -0.15) is 0 Å². The van der Waals surface area contributed by atoms with Crippen LogP contribution in [0.4, 0.5) is 5.82 Å². The number of fused-ring (bicyclic) bond motifs is 2. The fraction of sp³-hybridized carbons (Fsp3) is 0.0645. The molecule has 1 atom stereocenters. The highest BCUT2D eigenvalue weighted by Crippen LogP contribution is 2.25. The summed E-state index contributed by atoms with van der Waals surface area (Å²) in [6.07, 6.45) is 10.6. The van der Waals surface area contributed by atoms with Gasteiger partial charge in [0.15, 0.2) is 11.5 Å². The number of carbonyl (C=O) groups excluding carboxylic acids is 1. The fourth-order valence-corrected chi connectivity index (χ4v) is 4.83. The normalized spacial score (nSPS) is 12.2. The van der Waals surface area contributed by atoms with Gasteiger partial charge in [0.05, 0.1) is 11.4 Å². The highest BCUT2D eigenvalue weighted by atomic mass is 16.2. The van der Waals surface area contributed by atoms with Gasteiger partial charge in [0.2, 0.25) is 0 Å². The van der Waals surface area contributed by atoms with E-state index < -0.39 is 11.9 Å². The average Bonchev–Trinajstić information content (AvgIpc) is 3.32. The third-order valence-corrected chi connectivity index (χ3v) is 6.70. The molecule has 4 aromatic heterocycles. The zero-order valence-electron chi connectivity index (χ0n) is 21.6. The van der Waals surface area contributed by atoms with Crippen molar-refractivity contribution in [1.82, 2.24) is 29.5 Å². The molecule has 6 rings (SSSR count). The van der Waals surface area contributed by atoms with Gasteiger partial charge >= 0.3 is 0 Å². The van der Waals surface area contributed by atoms with Crippen LogP contribution in [0.25, 0.3) is 34.3 Å². The van der Waals surface area contributed by atoms with Crippen molar-refractivity contribution in [3.63, 3.8) is 0 Å². The van der Waals surface area contributed by atoms with Crippen LogP contribution in [0, 0.1) is 0 Å². The van der Waals surface area contributed by atoms with Crippen molar-refractivity contribution in [2.24, 2.45) is 0 Å². The van der Waals surface area contributed by atoms with Crippen LogP contribution >= 0.6 is 0 Å². The van der Waals surface area contributed by atoms with Gasteiger partial charge < -0.3 is 11.1 Å². The third kappa shape index (κ3) is 4.49. The van der Waals surface area contributed by atoms with Crippen LogP contribution in [-0.4, -0.2) is 30.1 Å². The van der Waals surface area contributed by atoms with Crippen LogP contribution in [0.2, 0.25) is 0 Å². The number of nitrogen functional groups attached to an aromatic ring is 1. The van der Waals surface area contributed by atoms with E-state index in [1.165, 1.54) is 4.52 Å². The molecule has 2 aromatic carbocycles. The van der Waals surface area contributed by atoms with Gasteiger partial charge in [0, 0.05) is 36.2 Å². The fourth-order valence-electron chi connectivity index (χ4n) is 4.83. The molecule has 0 aliphatic heterocycles. The van der Waals surface area contributed by atoms with E-state index in [1.807, 2.05) is 85.8 Å². The van der Waals surface area contributed by atoms with Crippen molar-refractivity contribution in [1.29, 1.82) is 0 Å². The first-order valence-electron chi connectivity index (χ1n) is 12.7. The Balaban J connectivity index is 1.47. The number of rotatable bonds is 6. The summed E-state index contributed by atoms with van der Waals surface area (Å²) >= 11 is 0. The average molecular weight is 528 g/mol. The van der Waals surface area contributed by atoms with E-state index in [2.05, 4.69) is 20.4 Å². The number of hydrogen-bond acceptors (Lipinski definition) is 6. The lowest BCUT2D eigenvalue weighted by molar-refractivity contribution is 0.0941. The number of pyridine rings is 2. The number of benzene rings is 2. The van der Waals surface area contributed by atoms with Crippen molar-refractivity contribution in [3.8, 4) is 5.69 Å². The minimum Gasteiger partial charge on any atom is -0.381 e. The van der Waals surface area contributed by atoms with Gasteiger partial charge in [0.25, 0.3) is 11.5 Å². The summed E-state index contributed by atoms with van der Waals surface area (Å²) in [5, 5.41) is 8.53. The standard InChI is InChI=1S/C31H25N7O2/c1-20(35-30(39)27-28(32)36-37-17-7-16-34-29(27)37)25-18-23-10-5-9-22(14-13-21-8-6-15-33-19-21)26(23)31(40)38(25)24-11-3-2-4-12-24/h2-20H,1H3,(H2,32,36)(H,35,39)/b14-13+/t20-/m1/s1. The zero-order chi connectivity index (χ0) is 27.6. The summed E-state index contributed by atoms with van der Waals surface area (Å²) in [6.45, 7) is 1.83. The first-order valence-corrected chi connectivity index (χ1v) is 12.7. The topological polar surface area (TPSA) is 120 Å². The molecule has 1 amide bonds. The largest absolute Gasteiger partial charge is 0.381 e. The van der Waals surface area contributed by atoms with Gasteiger partial charge in [-0.25, -0.2) is 9.50 Å². The molecule has 0 aliphatic carbocycles. The van der Waals surface area contributed by atoms with E-state index in [0.29, 0.717) is 22.4 Å². The van der Waals surface area contributed by atoms with Gasteiger partial charge in [-0.05, 0) is 53.8 Å². The Labute approximate surface area is 229 Å². The van der Waals surface area contributed by atoms with E-state index in [0.717, 1.165) is 16.5 Å². The molecule has 6 aromatic rings. The predicted molar refractivity (Wildman–Crippen MR) is 156 cm³/mol. The van der Waals surface area contributed by atoms with E-state index in [9.17, 15) is 9.59 Å². The van der Waals surface area contributed by atoms with Crippen molar-refractivity contribution in [2.45, 2.75) is 13.0 Å². The number of anilines is 1. The second-order valence-electron chi connectivity index (χ2n) is 9.32. The van der Waals surface area contributed by atoms with Crippen LogP contribution < -0.4 is 16.6 Å². The van der Waals surface area contributed by atoms with Crippen molar-refractivity contribution in [3.05, 3.63) is 130 Å². The summed E-state index contributed by atoms with van der Waals surface area (Å²) in [5.41, 5.74) is 9.44. The lowest BCUT2D eigenvalue weighted by atomic mass is 10.0. The van der Waals surface area contributed by atoms with Crippen molar-refractivity contribution >= 4 is 40.3 Å². The number of nitrogens with two attached hydrogens (primary N) is 1. The molecule has 0 radical (unpaired) electrons. The molecular formula is C31H25N7O2. The van der Waals surface area contributed by atoms with Gasteiger partial charge in [-0.15, -0.1) is 5.10 Å². The SMILES string of the molecule is C[C@@H](NC(=O)c1c(N)nn2cccnc12)c1cc2cccc(/C=C/c3cccnc3)c2c(=O)n1-c1ccccc1. The number of carbonyl (C=O) groups is 1. The maximum Gasteiger partial charge on any atom is 0.263 e. The lowest BCUT2D eigenvalue weighted by Gasteiger charge is -2.21.